The summed E-state index contributed by atoms with van der Waals surface area (Å²) in [6, 6.07) is 20.0. The van der Waals surface area contributed by atoms with Crippen molar-refractivity contribution in [2.24, 2.45) is 0 Å². The number of aromatic hydroxyl groups is 2. The van der Waals surface area contributed by atoms with Crippen molar-refractivity contribution in [3.8, 4) is 22.6 Å². The third kappa shape index (κ3) is 2.56. The van der Waals surface area contributed by atoms with Gasteiger partial charge in [0.15, 0.2) is 0 Å². The average Bonchev–Trinajstić information content (AvgIpc) is 2.63. The molecule has 0 spiro atoms. The zero-order valence-corrected chi connectivity index (χ0v) is 15.9. The lowest BCUT2D eigenvalue weighted by molar-refractivity contribution is 0.466. The van der Waals surface area contributed by atoms with E-state index in [1.807, 2.05) is 68.5 Å². The van der Waals surface area contributed by atoms with Gasteiger partial charge >= 0.3 is 0 Å². The maximum absolute atomic E-state index is 11.0. The fourth-order valence-electron chi connectivity index (χ4n) is 3.47. The molecule has 0 aliphatic heterocycles. The van der Waals surface area contributed by atoms with E-state index in [-0.39, 0.29) is 11.5 Å². The first kappa shape index (κ1) is 16.3. The molecule has 0 unspecified atom stereocenters. The van der Waals surface area contributed by atoms with Crippen LogP contribution < -0.4 is 0 Å². The molecule has 0 amide bonds. The second kappa shape index (κ2) is 6.26. The lowest BCUT2D eigenvalue weighted by atomic mass is 9.87. The first-order chi connectivity index (χ1) is 12.1. The highest BCUT2D eigenvalue weighted by atomic mass is 127. The van der Waals surface area contributed by atoms with Gasteiger partial charge in [-0.25, -0.2) is 0 Å². The van der Waals surface area contributed by atoms with Crippen LogP contribution >= 0.6 is 22.6 Å². The molecule has 4 aromatic rings. The number of benzene rings is 4. The number of halogens is 1. The van der Waals surface area contributed by atoms with E-state index < -0.39 is 0 Å². The summed E-state index contributed by atoms with van der Waals surface area (Å²) < 4.78 is 0.775. The number of hydrogen-bond donors (Lipinski definition) is 2. The predicted molar refractivity (Wildman–Crippen MR) is 115 cm³/mol. The molecule has 0 aliphatic carbocycles. The molecule has 0 radical (unpaired) electrons. The van der Waals surface area contributed by atoms with Crippen LogP contribution in [0.5, 0.6) is 11.5 Å². The van der Waals surface area contributed by atoms with Crippen LogP contribution in [-0.4, -0.2) is 18.1 Å². The molecule has 4 aromatic carbocycles. The maximum atomic E-state index is 11.0. The lowest BCUT2D eigenvalue weighted by Gasteiger charge is -2.17. The Labute approximate surface area is 160 Å². The van der Waals surface area contributed by atoms with Crippen molar-refractivity contribution in [3.63, 3.8) is 0 Å². The van der Waals surface area contributed by atoms with Crippen LogP contribution in [0.4, 0.5) is 0 Å². The molecule has 0 atom stereocenters. The average molecular weight is 438 g/mol. The number of rotatable bonds is 2. The highest BCUT2D eigenvalue weighted by Crippen LogP contribution is 2.47. The number of phenols is 2. The molecular formula is C21H16BIO2. The third-order valence-electron chi connectivity index (χ3n) is 4.71. The quantitative estimate of drug-likeness (QED) is 0.349. The lowest BCUT2D eigenvalue weighted by Crippen LogP contribution is -1.93. The standard InChI is InChI=1S/C21H16BIO2/c22-11-14-9-12-5-1-3-7-15(12)18(20(14)24)19-16-8-4-2-6-13(16)10-17(23)21(19)25/h1-10,24-25H,11,22H2. The minimum Gasteiger partial charge on any atom is -0.507 e. The van der Waals surface area contributed by atoms with Crippen LogP contribution in [-0.2, 0) is 6.32 Å². The topological polar surface area (TPSA) is 40.5 Å². The van der Waals surface area contributed by atoms with Crippen molar-refractivity contribution in [2.75, 3.05) is 0 Å². The van der Waals surface area contributed by atoms with E-state index in [4.69, 9.17) is 0 Å². The molecule has 4 rings (SSSR count). The maximum Gasteiger partial charge on any atom is 0.137 e. The Hall–Kier alpha value is -2.21. The third-order valence-corrected chi connectivity index (χ3v) is 5.53. The summed E-state index contributed by atoms with van der Waals surface area (Å²) in [5.74, 6) is 0.469. The van der Waals surface area contributed by atoms with Crippen LogP contribution in [0, 0.1) is 3.57 Å². The summed E-state index contributed by atoms with van der Waals surface area (Å²) in [6.45, 7) is 0. The molecule has 0 fully saturated rings. The van der Waals surface area contributed by atoms with E-state index in [1.165, 1.54) is 0 Å². The Morgan fingerprint density at radius 3 is 1.88 bits per heavy atom. The smallest absolute Gasteiger partial charge is 0.137 e. The van der Waals surface area contributed by atoms with Gasteiger partial charge in [0.05, 0.1) is 3.57 Å². The van der Waals surface area contributed by atoms with E-state index in [9.17, 15) is 10.2 Å². The fourth-order valence-corrected chi connectivity index (χ4v) is 4.08. The van der Waals surface area contributed by atoms with Crippen LogP contribution in [0.25, 0.3) is 32.7 Å². The number of fused-ring (bicyclic) bond motifs is 2. The van der Waals surface area contributed by atoms with Gasteiger partial charge in [-0.2, -0.15) is 0 Å². The highest BCUT2D eigenvalue weighted by molar-refractivity contribution is 14.1. The molecule has 0 saturated heterocycles. The summed E-state index contributed by atoms with van der Waals surface area (Å²) in [5, 5.41) is 25.9. The van der Waals surface area contributed by atoms with Crippen LogP contribution in [0.1, 0.15) is 5.56 Å². The molecule has 0 aliphatic rings. The first-order valence-electron chi connectivity index (χ1n) is 8.26. The minimum absolute atomic E-state index is 0.216. The van der Waals surface area contributed by atoms with Crippen molar-refractivity contribution in [2.45, 2.75) is 6.32 Å². The van der Waals surface area contributed by atoms with E-state index in [2.05, 4.69) is 22.6 Å². The molecule has 122 valence electrons. The largest absolute Gasteiger partial charge is 0.507 e. The van der Waals surface area contributed by atoms with Gasteiger partial charge < -0.3 is 10.2 Å². The van der Waals surface area contributed by atoms with Crippen molar-refractivity contribution < 1.29 is 10.2 Å². The monoisotopic (exact) mass is 438 g/mol. The molecule has 2 nitrogen and oxygen atoms in total. The molecule has 25 heavy (non-hydrogen) atoms. The van der Waals surface area contributed by atoms with E-state index in [0.717, 1.165) is 37.0 Å². The van der Waals surface area contributed by atoms with E-state index in [1.54, 1.807) is 0 Å². The zero-order chi connectivity index (χ0) is 17.6. The van der Waals surface area contributed by atoms with Crippen molar-refractivity contribution in [1.82, 2.24) is 0 Å². The van der Waals surface area contributed by atoms with Gasteiger partial charge in [-0.1, -0.05) is 54.9 Å². The van der Waals surface area contributed by atoms with E-state index in [0.29, 0.717) is 11.1 Å². The minimum atomic E-state index is 0.216. The second-order valence-corrected chi connectivity index (χ2v) is 7.30. The molecule has 0 bridgehead atoms. The Bertz CT molecular complexity index is 1120. The summed E-state index contributed by atoms with van der Waals surface area (Å²) in [4.78, 5) is 0. The van der Waals surface area contributed by atoms with Crippen molar-refractivity contribution >= 4 is 52.0 Å². The van der Waals surface area contributed by atoms with Crippen molar-refractivity contribution in [1.29, 1.82) is 0 Å². The van der Waals surface area contributed by atoms with Crippen LogP contribution in [0.15, 0.2) is 60.7 Å². The normalized spacial score (nSPS) is 11.2. The van der Waals surface area contributed by atoms with Gasteiger partial charge in [0.25, 0.3) is 0 Å². The molecule has 0 saturated carbocycles. The van der Waals surface area contributed by atoms with Gasteiger partial charge in [-0.3, -0.25) is 0 Å². The summed E-state index contributed by atoms with van der Waals surface area (Å²) in [6.07, 6.45) is 0.728. The van der Waals surface area contributed by atoms with E-state index >= 15 is 0 Å². The number of phenolic OH excluding ortho intramolecular Hbond substituents is 2. The molecule has 0 aromatic heterocycles. The Morgan fingerprint density at radius 2 is 1.28 bits per heavy atom. The van der Waals surface area contributed by atoms with Crippen LogP contribution in [0.2, 0.25) is 0 Å². The Morgan fingerprint density at radius 1 is 0.760 bits per heavy atom. The van der Waals surface area contributed by atoms with Gasteiger partial charge in [-0.05, 0) is 61.8 Å². The first-order valence-corrected chi connectivity index (χ1v) is 9.34. The predicted octanol–water partition coefficient (Wildman–Crippen LogP) is 4.81. The summed E-state index contributed by atoms with van der Waals surface area (Å²) >= 11 is 2.15. The highest BCUT2D eigenvalue weighted by Gasteiger charge is 2.20. The molecule has 0 heterocycles. The fraction of sp³-hybridized carbons (Fsp3) is 0.0476. The molecule has 4 heteroatoms. The number of hydrogen-bond acceptors (Lipinski definition) is 2. The van der Waals surface area contributed by atoms with Crippen molar-refractivity contribution in [3.05, 3.63) is 69.8 Å². The molecular weight excluding hydrogens is 422 g/mol. The Balaban J connectivity index is 2.25. The summed E-state index contributed by atoms with van der Waals surface area (Å²) in [7, 11) is 2.03. The second-order valence-electron chi connectivity index (χ2n) is 6.14. The summed E-state index contributed by atoms with van der Waals surface area (Å²) in [5.41, 5.74) is 2.30. The Kier molecular flexibility index (Phi) is 4.08. The van der Waals surface area contributed by atoms with Gasteiger partial charge in [0, 0.05) is 11.1 Å². The SMILES string of the molecule is BCc1cc2ccccc2c(-c2c(O)c(I)cc3ccccc23)c1O. The zero-order valence-electron chi connectivity index (χ0n) is 13.8. The van der Waals surface area contributed by atoms with Gasteiger partial charge in [0.1, 0.15) is 19.3 Å². The van der Waals surface area contributed by atoms with Gasteiger partial charge in [-0.15, -0.1) is 0 Å². The van der Waals surface area contributed by atoms with Gasteiger partial charge in [0.2, 0.25) is 0 Å². The molecule has 2 N–H and O–H groups in total. The van der Waals surface area contributed by atoms with Crippen LogP contribution in [0.3, 0.4) is 0 Å².